The fourth-order valence-corrected chi connectivity index (χ4v) is 6.04. The summed E-state index contributed by atoms with van der Waals surface area (Å²) in [6, 6.07) is 5.47. The van der Waals surface area contributed by atoms with Crippen molar-refractivity contribution < 1.29 is 24.5 Å². The van der Waals surface area contributed by atoms with Crippen molar-refractivity contribution in [3.63, 3.8) is 0 Å². The van der Waals surface area contributed by atoms with Gasteiger partial charge in [0, 0.05) is 38.9 Å². The van der Waals surface area contributed by atoms with Crippen molar-refractivity contribution in [3.05, 3.63) is 23.8 Å². The molecule has 1 heterocycles. The first-order chi connectivity index (χ1) is 18.7. The number of nitrogens with two attached hydrogens (primary N) is 1. The van der Waals surface area contributed by atoms with Crippen molar-refractivity contribution >= 4 is 11.9 Å². The van der Waals surface area contributed by atoms with Crippen LogP contribution in [-0.2, 0) is 16.0 Å². The zero-order valence-electron chi connectivity index (χ0n) is 24.1. The minimum absolute atomic E-state index is 0.0855. The van der Waals surface area contributed by atoms with E-state index in [1.165, 1.54) is 32.6 Å². The third-order valence-corrected chi connectivity index (χ3v) is 8.38. The molecule has 1 spiro atoms. The molecule has 6 N–H and O–H groups in total. The topological polar surface area (TPSA) is 138 Å². The SMILES string of the molecule is CC[C@H](CC[C@H](O)C[C@@H](CCc1ccc(O)c(O[C@@H]2CCNC3(CCCC3)C2)c1)OC(C)=O)CNC(N)=NC. The average Bonchev–Trinajstić information content (AvgIpc) is 3.35. The van der Waals surface area contributed by atoms with Crippen LogP contribution in [0.2, 0.25) is 0 Å². The third kappa shape index (κ3) is 10.2. The third-order valence-electron chi connectivity index (χ3n) is 8.38. The number of nitrogens with one attached hydrogen (secondary N) is 2. The van der Waals surface area contributed by atoms with Gasteiger partial charge in [0.15, 0.2) is 17.5 Å². The molecule has 39 heavy (non-hydrogen) atoms. The average molecular weight is 547 g/mol. The monoisotopic (exact) mass is 546 g/mol. The van der Waals surface area contributed by atoms with Crippen molar-refractivity contribution in [1.29, 1.82) is 0 Å². The van der Waals surface area contributed by atoms with Crippen molar-refractivity contribution in [2.45, 2.75) is 115 Å². The number of aromatic hydroxyl groups is 1. The number of hydrogen-bond donors (Lipinski definition) is 5. The summed E-state index contributed by atoms with van der Waals surface area (Å²) in [5, 5.41) is 28.0. The molecule has 1 saturated heterocycles. The lowest BCUT2D eigenvalue weighted by Gasteiger charge is -2.39. The number of aliphatic hydroxyl groups excluding tert-OH is 1. The molecule has 1 saturated carbocycles. The number of guanidine groups is 1. The number of nitrogens with zero attached hydrogens (tertiary/aromatic N) is 1. The fourth-order valence-electron chi connectivity index (χ4n) is 6.04. The number of ether oxygens (including phenoxy) is 2. The maximum atomic E-state index is 11.8. The van der Waals surface area contributed by atoms with Crippen LogP contribution >= 0.6 is 0 Å². The number of benzene rings is 1. The zero-order chi connectivity index (χ0) is 28.3. The maximum absolute atomic E-state index is 11.8. The van der Waals surface area contributed by atoms with E-state index in [0.717, 1.165) is 37.8 Å². The highest BCUT2D eigenvalue weighted by Crippen LogP contribution is 2.38. The molecule has 2 fully saturated rings. The number of aliphatic hydroxyl groups is 1. The Bertz CT molecular complexity index is 934. The number of carbonyl (C=O) groups is 1. The van der Waals surface area contributed by atoms with Gasteiger partial charge in [0.05, 0.1) is 6.10 Å². The van der Waals surface area contributed by atoms with Crippen LogP contribution in [-0.4, -0.2) is 66.1 Å². The van der Waals surface area contributed by atoms with Crippen LogP contribution < -0.4 is 21.1 Å². The Morgan fingerprint density at radius 3 is 2.74 bits per heavy atom. The molecular weight excluding hydrogens is 496 g/mol. The number of piperidine rings is 1. The van der Waals surface area contributed by atoms with Crippen LogP contribution in [0.1, 0.15) is 90.0 Å². The molecular formula is C30H50N4O5. The Morgan fingerprint density at radius 1 is 1.28 bits per heavy atom. The van der Waals surface area contributed by atoms with Crippen LogP contribution in [0.3, 0.4) is 0 Å². The van der Waals surface area contributed by atoms with E-state index < -0.39 is 6.10 Å². The van der Waals surface area contributed by atoms with E-state index >= 15 is 0 Å². The van der Waals surface area contributed by atoms with Gasteiger partial charge < -0.3 is 36.1 Å². The van der Waals surface area contributed by atoms with Crippen molar-refractivity contribution in [3.8, 4) is 11.5 Å². The van der Waals surface area contributed by atoms with Gasteiger partial charge in [-0.25, -0.2) is 0 Å². The molecule has 1 aromatic carbocycles. The number of esters is 1. The van der Waals surface area contributed by atoms with Crippen molar-refractivity contribution in [2.75, 3.05) is 20.1 Å². The summed E-state index contributed by atoms with van der Waals surface area (Å²) in [4.78, 5) is 15.7. The zero-order valence-corrected chi connectivity index (χ0v) is 24.1. The Morgan fingerprint density at radius 2 is 2.05 bits per heavy atom. The molecule has 4 atom stereocenters. The quantitative estimate of drug-likeness (QED) is 0.135. The predicted molar refractivity (Wildman–Crippen MR) is 154 cm³/mol. The molecule has 0 unspecified atom stereocenters. The summed E-state index contributed by atoms with van der Waals surface area (Å²) < 4.78 is 11.9. The highest BCUT2D eigenvalue weighted by molar-refractivity contribution is 5.77. The fraction of sp³-hybridized carbons (Fsp3) is 0.733. The van der Waals surface area contributed by atoms with Crippen LogP contribution in [0.4, 0.5) is 0 Å². The van der Waals surface area contributed by atoms with E-state index in [9.17, 15) is 15.0 Å². The smallest absolute Gasteiger partial charge is 0.302 e. The van der Waals surface area contributed by atoms with Crippen LogP contribution in [0.15, 0.2) is 23.2 Å². The van der Waals surface area contributed by atoms with E-state index in [1.54, 1.807) is 13.1 Å². The molecule has 9 nitrogen and oxygen atoms in total. The Labute approximate surface area is 233 Å². The standard InChI is InChI=1S/C30H50N4O5/c1-4-22(20-33-29(31)32-3)7-10-24(36)18-25(38-21(2)35)11-8-23-9-12-27(37)28(17-23)39-26-13-16-34-30(19-26)14-5-6-15-30/h9,12,17,22,24-26,34,36-37H,4-8,10-11,13-16,18-20H2,1-3H3,(H3,31,32,33)/t22-,24+,25-,26-/m1/s1. The van der Waals surface area contributed by atoms with Gasteiger partial charge in [0.2, 0.25) is 0 Å². The summed E-state index contributed by atoms with van der Waals surface area (Å²) in [5.74, 6) is 1.10. The molecule has 0 bridgehead atoms. The van der Waals surface area contributed by atoms with Crippen LogP contribution in [0.5, 0.6) is 11.5 Å². The lowest BCUT2D eigenvalue weighted by Crippen LogP contribution is -2.51. The van der Waals surface area contributed by atoms with Crippen LogP contribution in [0.25, 0.3) is 0 Å². The molecule has 9 heteroatoms. The van der Waals surface area contributed by atoms with E-state index in [-0.39, 0.29) is 29.5 Å². The number of carbonyl (C=O) groups excluding carboxylic acids is 1. The molecule has 0 radical (unpaired) electrons. The molecule has 0 amide bonds. The summed E-state index contributed by atoms with van der Waals surface area (Å²) in [5.41, 5.74) is 6.93. The van der Waals surface area contributed by atoms with Gasteiger partial charge in [-0.1, -0.05) is 32.3 Å². The van der Waals surface area contributed by atoms with Gasteiger partial charge in [0.1, 0.15) is 12.2 Å². The summed E-state index contributed by atoms with van der Waals surface area (Å²) >= 11 is 0. The Balaban J connectivity index is 1.52. The number of phenols is 1. The normalized spacial score (nSPS) is 21.3. The number of aliphatic imine (C=N–C) groups is 1. The highest BCUT2D eigenvalue weighted by atomic mass is 16.5. The molecule has 2 aliphatic rings. The maximum Gasteiger partial charge on any atom is 0.302 e. The first kappa shape index (κ1) is 31.0. The Kier molecular flexibility index (Phi) is 12.2. The van der Waals surface area contributed by atoms with Crippen molar-refractivity contribution in [2.24, 2.45) is 16.6 Å². The predicted octanol–water partition coefficient (Wildman–Crippen LogP) is 3.79. The van der Waals surface area contributed by atoms with Gasteiger partial charge in [0.25, 0.3) is 0 Å². The summed E-state index contributed by atoms with van der Waals surface area (Å²) in [6.07, 6.45) is 9.99. The minimum atomic E-state index is -0.567. The van der Waals surface area contributed by atoms with Gasteiger partial charge in [-0.2, -0.15) is 0 Å². The molecule has 1 aliphatic carbocycles. The van der Waals surface area contributed by atoms with E-state index in [4.69, 9.17) is 15.2 Å². The second-order valence-electron chi connectivity index (χ2n) is 11.4. The first-order valence-corrected chi connectivity index (χ1v) is 14.8. The summed E-state index contributed by atoms with van der Waals surface area (Å²) in [7, 11) is 1.65. The number of aryl methyl sites for hydroxylation is 1. The molecule has 1 aromatic rings. The number of hydrogen-bond acceptors (Lipinski definition) is 7. The van der Waals surface area contributed by atoms with Crippen molar-refractivity contribution in [1.82, 2.24) is 10.6 Å². The number of rotatable bonds is 14. The second-order valence-corrected chi connectivity index (χ2v) is 11.4. The molecule has 220 valence electrons. The summed E-state index contributed by atoms with van der Waals surface area (Å²) in [6.45, 7) is 5.17. The van der Waals surface area contributed by atoms with Gasteiger partial charge in [-0.3, -0.25) is 9.79 Å². The van der Waals surface area contributed by atoms with E-state index in [0.29, 0.717) is 49.9 Å². The van der Waals surface area contributed by atoms with Crippen LogP contribution in [0, 0.1) is 5.92 Å². The molecule has 0 aromatic heterocycles. The largest absolute Gasteiger partial charge is 0.504 e. The molecule has 3 rings (SSSR count). The highest BCUT2D eigenvalue weighted by Gasteiger charge is 2.39. The molecule has 1 aliphatic heterocycles. The first-order valence-electron chi connectivity index (χ1n) is 14.8. The minimum Gasteiger partial charge on any atom is -0.504 e. The Hall–Kier alpha value is -2.52. The van der Waals surface area contributed by atoms with E-state index in [2.05, 4.69) is 22.5 Å². The van der Waals surface area contributed by atoms with Gasteiger partial charge in [-0.15, -0.1) is 0 Å². The lowest BCUT2D eigenvalue weighted by atomic mass is 9.86. The number of phenolic OH excluding ortho intramolecular Hbond substituents is 1. The second kappa shape index (κ2) is 15.3. The lowest BCUT2D eigenvalue weighted by molar-refractivity contribution is -0.148. The van der Waals surface area contributed by atoms with E-state index in [1.807, 2.05) is 12.1 Å². The van der Waals surface area contributed by atoms with Gasteiger partial charge >= 0.3 is 5.97 Å². The van der Waals surface area contributed by atoms with Gasteiger partial charge in [-0.05, 0) is 75.1 Å².